The molecule has 26 heavy (non-hydrogen) atoms. The van der Waals surface area contributed by atoms with Gasteiger partial charge >= 0.3 is 0 Å². The number of nitrogens with zero attached hydrogens (tertiary/aromatic N) is 2. The molecular weight excluding hydrogens is 351 g/mol. The van der Waals surface area contributed by atoms with Gasteiger partial charge in [-0.25, -0.2) is 9.38 Å². The molecule has 6 heteroatoms. The van der Waals surface area contributed by atoms with Crippen molar-refractivity contribution in [2.45, 2.75) is 6.92 Å². The minimum Gasteiger partial charge on any atom is -0.506 e. The fraction of sp³-hybridized carbons (Fsp3) is 0.100. The molecule has 0 aliphatic carbocycles. The fourth-order valence-corrected chi connectivity index (χ4v) is 3.42. The summed E-state index contributed by atoms with van der Waals surface area (Å²) in [6, 6.07) is 11.1. The van der Waals surface area contributed by atoms with Gasteiger partial charge in [0.15, 0.2) is 5.17 Å². The topological polar surface area (TPSA) is 52.9 Å². The van der Waals surface area contributed by atoms with Crippen molar-refractivity contribution in [3.63, 3.8) is 0 Å². The number of hydrogen-bond donors (Lipinski definition) is 1. The highest BCUT2D eigenvalue weighted by Gasteiger charge is 2.32. The number of hydrogen-bond acceptors (Lipinski definition) is 4. The number of aryl methyl sites for hydroxylation is 1. The molecule has 1 aliphatic rings. The maximum atomic E-state index is 13.1. The van der Waals surface area contributed by atoms with Crippen molar-refractivity contribution in [1.82, 2.24) is 4.90 Å². The van der Waals surface area contributed by atoms with Gasteiger partial charge in [-0.1, -0.05) is 24.3 Å². The zero-order chi connectivity index (χ0) is 18.7. The molecule has 1 saturated heterocycles. The third-order valence-corrected chi connectivity index (χ3v) is 4.72. The van der Waals surface area contributed by atoms with Gasteiger partial charge in [0.25, 0.3) is 5.91 Å². The Bertz CT molecular complexity index is 920. The number of carbonyl (C=O) groups excluding carboxylic acids is 1. The minimum atomic E-state index is -0.331. The molecule has 1 fully saturated rings. The van der Waals surface area contributed by atoms with E-state index < -0.39 is 0 Å². The van der Waals surface area contributed by atoms with Gasteiger partial charge in [-0.3, -0.25) is 9.69 Å². The Hall–Kier alpha value is -2.86. The van der Waals surface area contributed by atoms with E-state index in [4.69, 9.17) is 0 Å². The number of amidine groups is 1. The number of aliphatic imine (C=N–C) groups is 1. The first kappa shape index (κ1) is 17.9. The molecule has 0 saturated carbocycles. The zero-order valence-corrected chi connectivity index (χ0v) is 15.0. The van der Waals surface area contributed by atoms with Crippen molar-refractivity contribution in [3.8, 4) is 5.75 Å². The van der Waals surface area contributed by atoms with Crippen LogP contribution in [0.3, 0.4) is 0 Å². The monoisotopic (exact) mass is 368 g/mol. The normalized spacial score (nSPS) is 17.3. The predicted molar refractivity (Wildman–Crippen MR) is 104 cm³/mol. The van der Waals surface area contributed by atoms with Crippen LogP contribution in [-0.4, -0.2) is 27.6 Å². The Labute approximate surface area is 155 Å². The van der Waals surface area contributed by atoms with Gasteiger partial charge in [0.1, 0.15) is 17.3 Å². The molecule has 1 heterocycles. The van der Waals surface area contributed by atoms with Crippen LogP contribution in [0.2, 0.25) is 0 Å². The van der Waals surface area contributed by atoms with E-state index in [1.54, 1.807) is 36.4 Å². The molecule has 0 atom stereocenters. The number of thioether (sulfide) groups is 1. The summed E-state index contributed by atoms with van der Waals surface area (Å²) in [6.07, 6.45) is 3.31. The molecule has 132 valence electrons. The van der Waals surface area contributed by atoms with Crippen molar-refractivity contribution >= 4 is 34.6 Å². The van der Waals surface area contributed by atoms with Gasteiger partial charge in [-0.15, -0.1) is 6.58 Å². The van der Waals surface area contributed by atoms with Gasteiger partial charge in [0.2, 0.25) is 0 Å². The second-order valence-electron chi connectivity index (χ2n) is 5.75. The Morgan fingerprint density at radius 1 is 1.27 bits per heavy atom. The second kappa shape index (κ2) is 7.58. The smallest absolute Gasteiger partial charge is 0.267 e. The third kappa shape index (κ3) is 3.86. The molecular formula is C20H17FN2O2S. The summed E-state index contributed by atoms with van der Waals surface area (Å²) in [5.74, 6) is -0.479. The van der Waals surface area contributed by atoms with E-state index in [1.165, 1.54) is 28.8 Å². The van der Waals surface area contributed by atoms with E-state index in [0.717, 1.165) is 11.1 Å². The lowest BCUT2D eigenvalue weighted by Crippen LogP contribution is -2.29. The molecule has 0 aromatic heterocycles. The van der Waals surface area contributed by atoms with Gasteiger partial charge in [-0.2, -0.15) is 0 Å². The fourth-order valence-electron chi connectivity index (χ4n) is 2.42. The maximum Gasteiger partial charge on any atom is 0.267 e. The van der Waals surface area contributed by atoms with Crippen LogP contribution in [0.5, 0.6) is 5.75 Å². The first-order valence-corrected chi connectivity index (χ1v) is 8.76. The molecule has 1 N–H and O–H groups in total. The summed E-state index contributed by atoms with van der Waals surface area (Å²) in [6.45, 7) is 5.86. The summed E-state index contributed by atoms with van der Waals surface area (Å²) in [5.41, 5.74) is 2.03. The highest BCUT2D eigenvalue weighted by atomic mass is 32.2. The van der Waals surface area contributed by atoms with E-state index in [-0.39, 0.29) is 17.5 Å². The average Bonchev–Trinajstić information content (AvgIpc) is 2.89. The molecule has 0 radical (unpaired) electrons. The van der Waals surface area contributed by atoms with Gasteiger partial charge in [0, 0.05) is 6.54 Å². The number of phenolic OH excluding ortho intramolecular Hbond substituents is 1. The summed E-state index contributed by atoms with van der Waals surface area (Å²) in [7, 11) is 0. The van der Waals surface area contributed by atoms with E-state index in [0.29, 0.717) is 22.3 Å². The largest absolute Gasteiger partial charge is 0.506 e. The Morgan fingerprint density at radius 2 is 2.00 bits per heavy atom. The van der Waals surface area contributed by atoms with E-state index in [9.17, 15) is 14.3 Å². The average molecular weight is 368 g/mol. The van der Waals surface area contributed by atoms with E-state index in [1.807, 2.05) is 13.0 Å². The number of halogens is 1. The predicted octanol–water partition coefficient (Wildman–Crippen LogP) is 4.63. The first-order valence-electron chi connectivity index (χ1n) is 7.94. The number of carbonyl (C=O) groups is 1. The van der Waals surface area contributed by atoms with Gasteiger partial charge < -0.3 is 5.11 Å². The lowest BCUT2D eigenvalue weighted by Gasteiger charge is -2.12. The number of rotatable bonds is 4. The summed E-state index contributed by atoms with van der Waals surface area (Å²) < 4.78 is 13.1. The van der Waals surface area contributed by atoms with E-state index >= 15 is 0 Å². The van der Waals surface area contributed by atoms with Crippen molar-refractivity contribution in [1.29, 1.82) is 0 Å². The zero-order valence-electron chi connectivity index (χ0n) is 14.1. The highest BCUT2D eigenvalue weighted by molar-refractivity contribution is 8.18. The SMILES string of the molecule is C=CCN1C(=O)/C(=C/c2ccc(F)cc2)SC1=Nc1ccc(C)cc1O. The van der Waals surface area contributed by atoms with Crippen LogP contribution in [0.1, 0.15) is 11.1 Å². The quantitative estimate of drug-likeness (QED) is 0.632. The summed E-state index contributed by atoms with van der Waals surface area (Å²) >= 11 is 1.21. The van der Waals surface area contributed by atoms with Crippen LogP contribution in [-0.2, 0) is 4.79 Å². The molecule has 1 amide bonds. The Balaban J connectivity index is 1.97. The lowest BCUT2D eigenvalue weighted by molar-refractivity contribution is -0.121. The maximum absolute atomic E-state index is 13.1. The number of phenols is 1. The van der Waals surface area contributed by atoms with Crippen LogP contribution in [0.25, 0.3) is 6.08 Å². The Morgan fingerprint density at radius 3 is 2.65 bits per heavy atom. The molecule has 2 aromatic rings. The van der Waals surface area contributed by atoms with Crippen LogP contribution in [0.15, 0.2) is 65.0 Å². The van der Waals surface area contributed by atoms with Crippen molar-refractivity contribution in [3.05, 3.63) is 77.0 Å². The van der Waals surface area contributed by atoms with Crippen LogP contribution < -0.4 is 0 Å². The molecule has 4 nitrogen and oxygen atoms in total. The molecule has 0 spiro atoms. The summed E-state index contributed by atoms with van der Waals surface area (Å²) in [4.78, 5) is 19.1. The molecule has 1 aliphatic heterocycles. The van der Waals surface area contributed by atoms with E-state index in [2.05, 4.69) is 11.6 Å². The molecule has 2 aromatic carbocycles. The van der Waals surface area contributed by atoms with Crippen molar-refractivity contribution in [2.24, 2.45) is 4.99 Å². The minimum absolute atomic E-state index is 0.0556. The van der Waals surface area contributed by atoms with Crippen LogP contribution in [0.4, 0.5) is 10.1 Å². The highest BCUT2D eigenvalue weighted by Crippen LogP contribution is 2.36. The molecule has 0 bridgehead atoms. The molecule has 3 rings (SSSR count). The van der Waals surface area contributed by atoms with Crippen LogP contribution in [0, 0.1) is 12.7 Å². The Kier molecular flexibility index (Phi) is 5.23. The van der Waals surface area contributed by atoms with Crippen molar-refractivity contribution < 1.29 is 14.3 Å². The van der Waals surface area contributed by atoms with Gasteiger partial charge in [0.05, 0.1) is 4.91 Å². The van der Waals surface area contributed by atoms with Crippen molar-refractivity contribution in [2.75, 3.05) is 6.54 Å². The standard InChI is InChI=1S/C20H17FN2O2S/c1-3-10-23-19(25)18(12-14-5-7-15(21)8-6-14)26-20(23)22-16-9-4-13(2)11-17(16)24/h3-9,11-12,24H,1,10H2,2H3/b18-12-,22-20?. The number of aromatic hydroxyl groups is 1. The van der Waals surface area contributed by atoms with Crippen LogP contribution >= 0.6 is 11.8 Å². The summed E-state index contributed by atoms with van der Waals surface area (Å²) in [5, 5.41) is 10.5. The van der Waals surface area contributed by atoms with Gasteiger partial charge in [-0.05, 0) is 60.2 Å². The molecule has 0 unspecified atom stereocenters. The second-order valence-corrected chi connectivity index (χ2v) is 6.76. The first-order chi connectivity index (χ1) is 12.5. The lowest BCUT2D eigenvalue weighted by atomic mass is 10.2. The third-order valence-electron chi connectivity index (χ3n) is 3.71. The number of benzene rings is 2. The number of amides is 1.